The molecule has 0 aliphatic carbocycles. The highest BCUT2D eigenvalue weighted by Gasteiger charge is 2.71. The second-order valence-corrected chi connectivity index (χ2v) is 5.72. The van der Waals surface area contributed by atoms with Crippen molar-refractivity contribution in [3.63, 3.8) is 0 Å². The van der Waals surface area contributed by atoms with E-state index in [0.717, 1.165) is 14.0 Å². The van der Waals surface area contributed by atoms with Crippen LogP contribution in [-0.4, -0.2) is 42.3 Å². The second kappa shape index (κ2) is 6.47. The van der Waals surface area contributed by atoms with Gasteiger partial charge in [-0.15, -0.1) is 0 Å². The van der Waals surface area contributed by atoms with Gasteiger partial charge >= 0.3 is 12.1 Å². The first-order valence-electron chi connectivity index (χ1n) is 6.87. The van der Waals surface area contributed by atoms with Crippen LogP contribution in [0.25, 0.3) is 0 Å². The number of esters is 1. The number of alkyl halides is 3. The zero-order valence-corrected chi connectivity index (χ0v) is 13.7. The minimum atomic E-state index is -5.29. The van der Waals surface area contributed by atoms with Crippen LogP contribution in [0.1, 0.15) is 17.3 Å². The van der Waals surface area contributed by atoms with Crippen LogP contribution >= 0.6 is 11.6 Å². The SMILES string of the molecule is COC(=O)C1C(C)=NC(=O)C1(NC(=O)c1ccc(Cl)cc1)C(F)(F)F. The van der Waals surface area contributed by atoms with E-state index in [-0.39, 0.29) is 10.6 Å². The molecule has 0 spiro atoms. The fourth-order valence-electron chi connectivity index (χ4n) is 2.55. The number of carbonyl (C=O) groups is 3. The van der Waals surface area contributed by atoms with Crippen LogP contribution in [0.2, 0.25) is 5.02 Å². The van der Waals surface area contributed by atoms with Gasteiger partial charge in [0.05, 0.1) is 7.11 Å². The number of nitrogens with zero attached hydrogens (tertiary/aromatic N) is 1. The van der Waals surface area contributed by atoms with E-state index in [9.17, 15) is 27.6 Å². The molecule has 0 saturated heterocycles. The lowest BCUT2D eigenvalue weighted by molar-refractivity contribution is -0.205. The fourth-order valence-corrected chi connectivity index (χ4v) is 2.67. The van der Waals surface area contributed by atoms with Crippen molar-refractivity contribution in [1.29, 1.82) is 0 Å². The average Bonchev–Trinajstić information content (AvgIpc) is 2.78. The van der Waals surface area contributed by atoms with Gasteiger partial charge in [0.25, 0.3) is 11.8 Å². The molecule has 0 bridgehead atoms. The van der Waals surface area contributed by atoms with Crippen LogP contribution in [0.5, 0.6) is 0 Å². The number of halogens is 4. The summed E-state index contributed by atoms with van der Waals surface area (Å²) in [6.45, 7) is 1.08. The lowest BCUT2D eigenvalue weighted by atomic mass is 9.81. The second-order valence-electron chi connectivity index (χ2n) is 5.28. The first-order chi connectivity index (χ1) is 11.5. The van der Waals surface area contributed by atoms with Crippen molar-refractivity contribution >= 4 is 35.1 Å². The number of amides is 2. The molecule has 0 aromatic heterocycles. The van der Waals surface area contributed by atoms with Crippen LogP contribution in [-0.2, 0) is 14.3 Å². The maximum absolute atomic E-state index is 13.8. The maximum Gasteiger partial charge on any atom is 0.422 e. The Morgan fingerprint density at radius 2 is 1.84 bits per heavy atom. The molecule has 1 aromatic rings. The van der Waals surface area contributed by atoms with Gasteiger partial charge in [-0.05, 0) is 31.2 Å². The molecule has 134 valence electrons. The molecule has 1 aliphatic heterocycles. The Balaban J connectivity index is 2.52. The van der Waals surface area contributed by atoms with Crippen molar-refractivity contribution in [2.45, 2.75) is 18.6 Å². The van der Waals surface area contributed by atoms with Crippen molar-refractivity contribution in [2.75, 3.05) is 7.11 Å². The third-order valence-corrected chi connectivity index (χ3v) is 4.02. The van der Waals surface area contributed by atoms with Gasteiger partial charge in [-0.25, -0.2) is 4.99 Å². The number of carbonyl (C=O) groups excluding carboxylic acids is 3. The Hall–Kier alpha value is -2.42. The first-order valence-corrected chi connectivity index (χ1v) is 7.24. The summed E-state index contributed by atoms with van der Waals surface area (Å²) in [5.41, 5.74) is -4.10. The number of benzene rings is 1. The summed E-state index contributed by atoms with van der Waals surface area (Å²) in [6, 6.07) is 4.96. The highest BCUT2D eigenvalue weighted by atomic mass is 35.5. The number of hydrogen-bond donors (Lipinski definition) is 1. The topological polar surface area (TPSA) is 84.8 Å². The maximum atomic E-state index is 13.8. The van der Waals surface area contributed by atoms with Gasteiger partial charge in [0, 0.05) is 16.3 Å². The van der Waals surface area contributed by atoms with Crippen LogP contribution < -0.4 is 5.32 Å². The fraction of sp³-hybridized carbons (Fsp3) is 0.333. The summed E-state index contributed by atoms with van der Waals surface area (Å²) in [6.07, 6.45) is -5.29. The molecule has 0 saturated carbocycles. The monoisotopic (exact) mass is 376 g/mol. The molecule has 2 atom stereocenters. The van der Waals surface area contributed by atoms with Crippen LogP contribution in [0.3, 0.4) is 0 Å². The summed E-state index contributed by atoms with van der Waals surface area (Å²) < 4.78 is 45.7. The van der Waals surface area contributed by atoms with E-state index >= 15 is 0 Å². The van der Waals surface area contributed by atoms with Crippen molar-refractivity contribution < 1.29 is 32.3 Å². The molecule has 0 fully saturated rings. The molecule has 0 radical (unpaired) electrons. The standard InChI is InChI=1S/C15H12ClF3N2O4/c1-7-10(12(23)25-2)14(13(24)20-7,15(17,18)19)21-11(22)8-3-5-9(16)6-4-8/h3-6,10H,1-2H3,(H,21,22). The molecule has 2 amide bonds. The molecule has 1 N–H and O–H groups in total. The van der Waals surface area contributed by atoms with Gasteiger partial charge in [0.2, 0.25) is 5.54 Å². The number of hydrogen-bond acceptors (Lipinski definition) is 4. The van der Waals surface area contributed by atoms with Gasteiger partial charge in [0.1, 0.15) is 5.92 Å². The molecule has 1 aromatic carbocycles. The van der Waals surface area contributed by atoms with Crippen LogP contribution in [0, 0.1) is 5.92 Å². The molecule has 2 rings (SSSR count). The average molecular weight is 377 g/mol. The summed E-state index contributed by atoms with van der Waals surface area (Å²) in [5.74, 6) is -6.33. The number of aliphatic imine (C=N–C) groups is 1. The molecule has 10 heteroatoms. The third-order valence-electron chi connectivity index (χ3n) is 3.77. The van der Waals surface area contributed by atoms with E-state index in [1.807, 2.05) is 0 Å². The van der Waals surface area contributed by atoms with Gasteiger partial charge in [-0.3, -0.25) is 14.4 Å². The lowest BCUT2D eigenvalue weighted by Crippen LogP contribution is -2.68. The molecule has 1 heterocycles. The highest BCUT2D eigenvalue weighted by molar-refractivity contribution is 6.30. The number of rotatable bonds is 3. The van der Waals surface area contributed by atoms with Gasteiger partial charge in [-0.2, -0.15) is 13.2 Å². The zero-order valence-electron chi connectivity index (χ0n) is 13.0. The van der Waals surface area contributed by atoms with Gasteiger partial charge < -0.3 is 10.1 Å². The summed E-state index contributed by atoms with van der Waals surface area (Å²) in [5, 5.41) is 1.91. The molecule has 6 nitrogen and oxygen atoms in total. The number of nitrogens with one attached hydrogen (secondary N) is 1. The minimum Gasteiger partial charge on any atom is -0.468 e. The van der Waals surface area contributed by atoms with Crippen LogP contribution in [0.15, 0.2) is 29.3 Å². The Morgan fingerprint density at radius 3 is 2.32 bits per heavy atom. The molecule has 2 unspecified atom stereocenters. The van der Waals surface area contributed by atoms with E-state index in [0.29, 0.717) is 0 Å². The van der Waals surface area contributed by atoms with E-state index in [1.165, 1.54) is 24.3 Å². The lowest BCUT2D eigenvalue weighted by Gasteiger charge is -2.34. The largest absolute Gasteiger partial charge is 0.468 e. The predicted octanol–water partition coefficient (Wildman–Crippen LogP) is 2.16. The van der Waals surface area contributed by atoms with E-state index in [1.54, 1.807) is 5.32 Å². The summed E-state index contributed by atoms with van der Waals surface area (Å²) in [4.78, 5) is 39.4. The molecular weight excluding hydrogens is 365 g/mol. The Morgan fingerprint density at radius 1 is 1.28 bits per heavy atom. The quantitative estimate of drug-likeness (QED) is 0.819. The van der Waals surface area contributed by atoms with Crippen LogP contribution in [0.4, 0.5) is 13.2 Å². The van der Waals surface area contributed by atoms with Gasteiger partial charge in [-0.1, -0.05) is 11.6 Å². The first kappa shape index (κ1) is 18.9. The van der Waals surface area contributed by atoms with E-state index in [4.69, 9.17) is 11.6 Å². The van der Waals surface area contributed by atoms with Crippen molar-refractivity contribution in [3.05, 3.63) is 34.9 Å². The molecular formula is C15H12ClF3N2O4. The van der Waals surface area contributed by atoms with Gasteiger partial charge in [0.15, 0.2) is 0 Å². The number of methoxy groups -OCH3 is 1. The Labute approximate surface area is 145 Å². The van der Waals surface area contributed by atoms with E-state index < -0.39 is 41.1 Å². The Kier molecular flexibility index (Phi) is 4.90. The normalized spacial score (nSPS) is 23.2. The summed E-state index contributed by atoms with van der Waals surface area (Å²) in [7, 11) is 0.876. The molecule has 1 aliphatic rings. The van der Waals surface area contributed by atoms with Crippen molar-refractivity contribution in [2.24, 2.45) is 10.9 Å². The predicted molar refractivity (Wildman–Crippen MR) is 81.3 cm³/mol. The molecule has 25 heavy (non-hydrogen) atoms. The summed E-state index contributed by atoms with van der Waals surface area (Å²) >= 11 is 5.67. The smallest absolute Gasteiger partial charge is 0.422 e. The van der Waals surface area contributed by atoms with Crippen molar-refractivity contribution in [3.8, 4) is 0 Å². The number of ether oxygens (including phenoxy) is 1. The zero-order chi connectivity index (χ0) is 19.0. The minimum absolute atomic E-state index is 0.172. The Bertz CT molecular complexity index is 761. The third kappa shape index (κ3) is 3.11. The highest BCUT2D eigenvalue weighted by Crippen LogP contribution is 2.42. The van der Waals surface area contributed by atoms with E-state index in [2.05, 4.69) is 9.73 Å². The van der Waals surface area contributed by atoms with Crippen molar-refractivity contribution in [1.82, 2.24) is 5.32 Å².